The molecule has 1 aliphatic rings. The Morgan fingerprint density at radius 3 is 2.92 bits per heavy atom. The summed E-state index contributed by atoms with van der Waals surface area (Å²) < 4.78 is 29.9. The summed E-state index contributed by atoms with van der Waals surface area (Å²) in [6.07, 6.45) is 1.20. The number of nitrogens with zero attached hydrogens (tertiary/aromatic N) is 2. The fraction of sp³-hybridized carbons (Fsp3) is 0.375. The zero-order valence-corrected chi connectivity index (χ0v) is 16.3. The van der Waals surface area contributed by atoms with Gasteiger partial charge in [0.2, 0.25) is 5.89 Å². The average Bonchev–Trinajstić information content (AvgIpc) is 3.25. The average molecular weight is 415 g/mol. The van der Waals surface area contributed by atoms with E-state index in [0.717, 1.165) is 20.0 Å². The highest BCUT2D eigenvalue weighted by molar-refractivity contribution is 7.98. The highest BCUT2D eigenvalue weighted by Gasteiger charge is 2.29. The Balaban J connectivity index is 1.40. The van der Waals surface area contributed by atoms with E-state index in [0.29, 0.717) is 29.7 Å². The molecule has 25 heavy (non-hydrogen) atoms. The van der Waals surface area contributed by atoms with Crippen molar-refractivity contribution in [3.63, 3.8) is 0 Å². The van der Waals surface area contributed by atoms with Gasteiger partial charge >= 0.3 is 0 Å². The number of fused-ring (bicyclic) bond motifs is 1. The minimum Gasteiger partial charge on any atom is -0.416 e. The summed E-state index contributed by atoms with van der Waals surface area (Å²) in [6.45, 7) is 0. The highest BCUT2D eigenvalue weighted by Crippen LogP contribution is 2.38. The van der Waals surface area contributed by atoms with Gasteiger partial charge in [0.25, 0.3) is 5.22 Å². The minimum absolute atomic E-state index is 0.0836. The van der Waals surface area contributed by atoms with Gasteiger partial charge in [0.15, 0.2) is 9.84 Å². The van der Waals surface area contributed by atoms with Crippen LogP contribution in [0.25, 0.3) is 10.1 Å². The predicted molar refractivity (Wildman–Crippen MR) is 101 cm³/mol. The normalized spacial score (nSPS) is 19.6. The molecule has 1 aromatic carbocycles. The Bertz CT molecular complexity index is 1010. The van der Waals surface area contributed by atoms with E-state index in [9.17, 15) is 8.42 Å². The molecule has 1 fully saturated rings. The van der Waals surface area contributed by atoms with Crippen molar-refractivity contribution in [2.45, 2.75) is 23.8 Å². The van der Waals surface area contributed by atoms with Crippen molar-refractivity contribution in [2.75, 3.05) is 11.5 Å². The molecule has 1 unspecified atom stereocenters. The molecule has 0 spiro atoms. The van der Waals surface area contributed by atoms with Gasteiger partial charge in [-0.25, -0.2) is 8.42 Å². The lowest BCUT2D eigenvalue weighted by Gasteiger charge is -2.01. The van der Waals surface area contributed by atoms with Gasteiger partial charge in [0.1, 0.15) is 0 Å². The third kappa shape index (κ3) is 3.86. The van der Waals surface area contributed by atoms with E-state index in [-0.39, 0.29) is 17.4 Å². The Labute approximate surface area is 158 Å². The molecule has 0 radical (unpaired) electrons. The number of benzene rings is 1. The Morgan fingerprint density at radius 1 is 1.32 bits per heavy atom. The summed E-state index contributed by atoms with van der Waals surface area (Å²) in [5, 5.41) is 10.4. The second kappa shape index (κ2) is 6.90. The van der Waals surface area contributed by atoms with Crippen LogP contribution in [0.4, 0.5) is 0 Å². The molecule has 0 saturated carbocycles. The minimum atomic E-state index is -2.88. The fourth-order valence-electron chi connectivity index (χ4n) is 2.94. The van der Waals surface area contributed by atoms with Crippen molar-refractivity contribution >= 4 is 54.6 Å². The third-order valence-electron chi connectivity index (χ3n) is 4.17. The quantitative estimate of drug-likeness (QED) is 0.582. The van der Waals surface area contributed by atoms with Gasteiger partial charge in [-0.15, -0.1) is 21.5 Å². The van der Waals surface area contributed by atoms with Crippen molar-refractivity contribution in [2.24, 2.45) is 5.92 Å². The van der Waals surface area contributed by atoms with E-state index in [1.165, 1.54) is 11.8 Å². The molecule has 3 aromatic rings. The summed E-state index contributed by atoms with van der Waals surface area (Å²) >= 11 is 9.56. The lowest BCUT2D eigenvalue weighted by molar-refractivity contribution is 0.389. The van der Waals surface area contributed by atoms with Crippen LogP contribution in [0.15, 0.2) is 33.9 Å². The van der Waals surface area contributed by atoms with E-state index in [1.807, 2.05) is 18.2 Å². The number of thioether (sulfide) groups is 1. The maximum atomic E-state index is 11.5. The number of rotatable bonds is 5. The number of hydrogen-bond acceptors (Lipinski definition) is 7. The Morgan fingerprint density at radius 2 is 2.16 bits per heavy atom. The van der Waals surface area contributed by atoms with E-state index >= 15 is 0 Å². The van der Waals surface area contributed by atoms with E-state index in [4.69, 9.17) is 16.0 Å². The number of thiophene rings is 1. The molecule has 1 saturated heterocycles. The van der Waals surface area contributed by atoms with E-state index < -0.39 is 9.84 Å². The van der Waals surface area contributed by atoms with Crippen molar-refractivity contribution < 1.29 is 12.8 Å². The summed E-state index contributed by atoms with van der Waals surface area (Å²) in [6, 6.07) is 8.05. The third-order valence-corrected chi connectivity index (χ3v) is 8.75. The molecular formula is C16H15ClN2O3S3. The van der Waals surface area contributed by atoms with Crippen LogP contribution in [0.3, 0.4) is 0 Å². The lowest BCUT2D eigenvalue weighted by Crippen LogP contribution is -2.07. The van der Waals surface area contributed by atoms with Crippen LogP contribution >= 0.6 is 34.7 Å². The maximum absolute atomic E-state index is 11.5. The topological polar surface area (TPSA) is 73.1 Å². The molecule has 0 aliphatic carbocycles. The molecule has 0 bridgehead atoms. The molecule has 2 aromatic heterocycles. The van der Waals surface area contributed by atoms with E-state index in [1.54, 1.807) is 11.3 Å². The van der Waals surface area contributed by atoms with Crippen LogP contribution in [0.1, 0.15) is 17.2 Å². The van der Waals surface area contributed by atoms with Crippen LogP contribution in [-0.2, 0) is 22.0 Å². The first-order valence-electron chi connectivity index (χ1n) is 7.82. The highest BCUT2D eigenvalue weighted by atomic mass is 35.5. The molecule has 9 heteroatoms. The summed E-state index contributed by atoms with van der Waals surface area (Å²) in [4.78, 5) is 1.08. The van der Waals surface area contributed by atoms with Crippen molar-refractivity contribution in [3.05, 3.63) is 40.1 Å². The number of hydrogen-bond donors (Lipinski definition) is 0. The van der Waals surface area contributed by atoms with Gasteiger partial charge in [-0.1, -0.05) is 41.6 Å². The first kappa shape index (κ1) is 17.3. The van der Waals surface area contributed by atoms with Gasteiger partial charge < -0.3 is 4.42 Å². The van der Waals surface area contributed by atoms with Crippen LogP contribution in [0, 0.1) is 5.92 Å². The molecule has 1 atom stereocenters. The number of halogens is 1. The Hall–Kier alpha value is -1.09. The smallest absolute Gasteiger partial charge is 0.276 e. The number of aromatic nitrogens is 2. The number of sulfone groups is 1. The van der Waals surface area contributed by atoms with Gasteiger partial charge in [-0.05, 0) is 18.4 Å². The second-order valence-corrected chi connectivity index (χ2v) is 10.7. The SMILES string of the molecule is O=S1(=O)CCC(Cc2nnc(SCc3sc4ccccc4c3Cl)o2)C1. The van der Waals surface area contributed by atoms with Crippen LogP contribution in [-0.4, -0.2) is 30.1 Å². The molecule has 132 valence electrons. The van der Waals surface area contributed by atoms with Crippen molar-refractivity contribution in [1.82, 2.24) is 10.2 Å². The van der Waals surface area contributed by atoms with Gasteiger partial charge in [0.05, 0.1) is 16.5 Å². The molecule has 5 nitrogen and oxygen atoms in total. The van der Waals surface area contributed by atoms with Crippen molar-refractivity contribution in [1.29, 1.82) is 0 Å². The van der Waals surface area contributed by atoms with Crippen molar-refractivity contribution in [3.8, 4) is 0 Å². The molecule has 1 aliphatic heterocycles. The van der Waals surface area contributed by atoms with E-state index in [2.05, 4.69) is 16.3 Å². The lowest BCUT2D eigenvalue weighted by atomic mass is 10.1. The predicted octanol–water partition coefficient (Wildman–Crippen LogP) is 4.21. The second-order valence-electron chi connectivity index (χ2n) is 6.06. The maximum Gasteiger partial charge on any atom is 0.276 e. The summed E-state index contributed by atoms with van der Waals surface area (Å²) in [5.41, 5.74) is 0. The molecule has 0 amide bonds. The van der Waals surface area contributed by atoms with Crippen LogP contribution in [0.5, 0.6) is 0 Å². The fourth-order valence-corrected chi connectivity index (χ4v) is 7.25. The molecule has 0 N–H and O–H groups in total. The first-order valence-corrected chi connectivity index (χ1v) is 11.8. The molecular weight excluding hydrogens is 400 g/mol. The largest absolute Gasteiger partial charge is 0.416 e. The first-order chi connectivity index (χ1) is 12.0. The Kier molecular flexibility index (Phi) is 4.79. The standard InChI is InChI=1S/C16H15ClN2O3S3/c17-15-11-3-1-2-4-12(11)24-13(15)8-23-16-19-18-14(22-16)7-10-5-6-25(20,21)9-10/h1-4,10H,5-9H2. The molecule has 3 heterocycles. The zero-order valence-electron chi connectivity index (χ0n) is 13.1. The van der Waals surface area contributed by atoms with Crippen LogP contribution < -0.4 is 0 Å². The monoisotopic (exact) mass is 414 g/mol. The van der Waals surface area contributed by atoms with Gasteiger partial charge in [0, 0.05) is 27.1 Å². The zero-order chi connectivity index (χ0) is 17.4. The van der Waals surface area contributed by atoms with Gasteiger partial charge in [-0.3, -0.25) is 0 Å². The van der Waals surface area contributed by atoms with Gasteiger partial charge in [-0.2, -0.15) is 0 Å². The molecule has 4 rings (SSSR count). The summed E-state index contributed by atoms with van der Waals surface area (Å²) in [5.74, 6) is 1.73. The summed E-state index contributed by atoms with van der Waals surface area (Å²) in [7, 11) is -2.88. The van der Waals surface area contributed by atoms with Crippen LogP contribution in [0.2, 0.25) is 5.02 Å².